The van der Waals surface area contributed by atoms with Gasteiger partial charge in [-0.2, -0.15) is 0 Å². The Kier molecular flexibility index (Phi) is 6.58. The van der Waals surface area contributed by atoms with Gasteiger partial charge in [0.25, 0.3) is 0 Å². The summed E-state index contributed by atoms with van der Waals surface area (Å²) in [5.41, 5.74) is 3.63. The number of hydrogen-bond acceptors (Lipinski definition) is 3. The van der Waals surface area contributed by atoms with Crippen molar-refractivity contribution in [3.63, 3.8) is 0 Å². The Morgan fingerprint density at radius 1 is 1.40 bits per heavy atom. The summed E-state index contributed by atoms with van der Waals surface area (Å²) in [5, 5.41) is 0. The van der Waals surface area contributed by atoms with Crippen LogP contribution in [0.15, 0.2) is 22.7 Å². The number of rotatable bonds is 6. The van der Waals surface area contributed by atoms with Crippen LogP contribution < -0.4 is 11.3 Å². The van der Waals surface area contributed by atoms with E-state index in [0.717, 1.165) is 10.0 Å². The maximum atomic E-state index is 13.4. The standard InChI is InChI=1S/C15H24BrFN2O/c1-5-20-14(15(2,3)4)13(19-18)9-10-8-11(17)6-7-12(10)16/h6-8,13-14,19H,5,9,18H2,1-4H3. The molecule has 0 heterocycles. The maximum Gasteiger partial charge on any atom is 0.123 e. The summed E-state index contributed by atoms with van der Waals surface area (Å²) >= 11 is 3.45. The summed E-state index contributed by atoms with van der Waals surface area (Å²) in [5.74, 6) is 5.45. The average Bonchev–Trinajstić information content (AvgIpc) is 2.36. The summed E-state index contributed by atoms with van der Waals surface area (Å²) in [4.78, 5) is 0. The van der Waals surface area contributed by atoms with Gasteiger partial charge in [0.15, 0.2) is 0 Å². The minimum absolute atomic E-state index is 0.0623. The first-order chi connectivity index (χ1) is 9.29. The van der Waals surface area contributed by atoms with Gasteiger partial charge in [-0.05, 0) is 42.5 Å². The molecule has 0 radical (unpaired) electrons. The third kappa shape index (κ3) is 4.81. The first-order valence-corrected chi connectivity index (χ1v) is 7.60. The van der Waals surface area contributed by atoms with Crippen molar-refractivity contribution in [3.8, 4) is 0 Å². The molecule has 0 aliphatic carbocycles. The Hall–Kier alpha value is -0.490. The van der Waals surface area contributed by atoms with Gasteiger partial charge in [0, 0.05) is 11.1 Å². The summed E-state index contributed by atoms with van der Waals surface area (Å²) in [7, 11) is 0. The zero-order valence-electron chi connectivity index (χ0n) is 12.5. The molecule has 2 unspecified atom stereocenters. The van der Waals surface area contributed by atoms with Crippen molar-refractivity contribution in [2.75, 3.05) is 6.61 Å². The van der Waals surface area contributed by atoms with Crippen molar-refractivity contribution < 1.29 is 9.13 Å². The Morgan fingerprint density at radius 3 is 2.55 bits per heavy atom. The quantitative estimate of drug-likeness (QED) is 0.612. The van der Waals surface area contributed by atoms with Gasteiger partial charge >= 0.3 is 0 Å². The minimum atomic E-state index is -0.248. The van der Waals surface area contributed by atoms with Crippen molar-refractivity contribution in [1.82, 2.24) is 5.43 Å². The molecular formula is C15H24BrFN2O. The predicted molar refractivity (Wildman–Crippen MR) is 83.8 cm³/mol. The van der Waals surface area contributed by atoms with Crippen LogP contribution in [-0.4, -0.2) is 18.8 Å². The van der Waals surface area contributed by atoms with Crippen LogP contribution in [-0.2, 0) is 11.2 Å². The van der Waals surface area contributed by atoms with Crippen molar-refractivity contribution in [1.29, 1.82) is 0 Å². The van der Waals surface area contributed by atoms with E-state index < -0.39 is 0 Å². The third-order valence-corrected chi connectivity index (χ3v) is 4.00. The van der Waals surface area contributed by atoms with E-state index in [1.165, 1.54) is 12.1 Å². The van der Waals surface area contributed by atoms with Crippen LogP contribution in [0.3, 0.4) is 0 Å². The van der Waals surface area contributed by atoms with Crippen LogP contribution in [0.2, 0.25) is 0 Å². The third-order valence-electron chi connectivity index (χ3n) is 3.23. The summed E-state index contributed by atoms with van der Waals surface area (Å²) in [6.07, 6.45) is 0.532. The predicted octanol–water partition coefficient (Wildman–Crippen LogP) is 3.41. The average molecular weight is 347 g/mol. The van der Waals surface area contributed by atoms with Crippen LogP contribution >= 0.6 is 15.9 Å². The van der Waals surface area contributed by atoms with Crippen LogP contribution in [0.25, 0.3) is 0 Å². The zero-order chi connectivity index (χ0) is 15.3. The van der Waals surface area contributed by atoms with E-state index in [1.807, 2.05) is 6.92 Å². The Labute approximate surface area is 129 Å². The highest BCUT2D eigenvalue weighted by Crippen LogP contribution is 2.28. The smallest absolute Gasteiger partial charge is 0.123 e. The number of halogens is 2. The fraction of sp³-hybridized carbons (Fsp3) is 0.600. The van der Waals surface area contributed by atoms with Crippen molar-refractivity contribution in [2.45, 2.75) is 46.3 Å². The molecular weight excluding hydrogens is 323 g/mol. The lowest BCUT2D eigenvalue weighted by Crippen LogP contribution is -2.52. The number of nitrogens with two attached hydrogens (primary N) is 1. The Bertz CT molecular complexity index is 434. The molecule has 0 saturated heterocycles. The SMILES string of the molecule is CCOC(C(Cc1cc(F)ccc1Br)NN)C(C)(C)C. The number of nitrogens with one attached hydrogen (secondary N) is 1. The van der Waals surface area contributed by atoms with Gasteiger partial charge in [0.05, 0.1) is 12.1 Å². The molecule has 1 rings (SSSR count). The molecule has 0 bridgehead atoms. The molecule has 0 aliphatic heterocycles. The number of hydrogen-bond donors (Lipinski definition) is 2. The van der Waals surface area contributed by atoms with E-state index in [0.29, 0.717) is 13.0 Å². The monoisotopic (exact) mass is 346 g/mol. The maximum absolute atomic E-state index is 13.4. The molecule has 0 aliphatic rings. The highest BCUT2D eigenvalue weighted by atomic mass is 79.9. The van der Waals surface area contributed by atoms with Crippen molar-refractivity contribution in [3.05, 3.63) is 34.1 Å². The molecule has 0 spiro atoms. The van der Waals surface area contributed by atoms with Crippen LogP contribution in [0.5, 0.6) is 0 Å². The second kappa shape index (κ2) is 7.50. The van der Waals surface area contributed by atoms with Gasteiger partial charge in [-0.3, -0.25) is 11.3 Å². The second-order valence-electron chi connectivity index (χ2n) is 5.95. The lowest BCUT2D eigenvalue weighted by atomic mass is 9.82. The molecule has 114 valence electrons. The molecule has 0 aromatic heterocycles. The molecule has 0 saturated carbocycles. The number of ether oxygens (including phenoxy) is 1. The number of hydrazine groups is 1. The topological polar surface area (TPSA) is 47.3 Å². The lowest BCUT2D eigenvalue weighted by molar-refractivity contribution is -0.0356. The first kappa shape index (κ1) is 17.6. The molecule has 5 heteroatoms. The van der Waals surface area contributed by atoms with Crippen molar-refractivity contribution >= 4 is 15.9 Å². The molecule has 1 aromatic carbocycles. The van der Waals surface area contributed by atoms with Gasteiger partial charge in [-0.15, -0.1) is 0 Å². The van der Waals surface area contributed by atoms with E-state index in [9.17, 15) is 4.39 Å². The Balaban J connectivity index is 2.97. The Morgan fingerprint density at radius 2 is 2.05 bits per heavy atom. The van der Waals surface area contributed by atoms with Gasteiger partial charge in [0.1, 0.15) is 5.82 Å². The summed E-state index contributed by atoms with van der Waals surface area (Å²) in [6.45, 7) is 8.91. The highest BCUT2D eigenvalue weighted by molar-refractivity contribution is 9.10. The molecule has 0 amide bonds. The van der Waals surface area contributed by atoms with Crippen LogP contribution in [0.4, 0.5) is 4.39 Å². The molecule has 1 aromatic rings. The highest BCUT2D eigenvalue weighted by Gasteiger charge is 2.32. The van der Waals surface area contributed by atoms with Crippen LogP contribution in [0.1, 0.15) is 33.3 Å². The molecule has 20 heavy (non-hydrogen) atoms. The van der Waals surface area contributed by atoms with Crippen LogP contribution in [0, 0.1) is 11.2 Å². The van der Waals surface area contributed by atoms with E-state index in [4.69, 9.17) is 10.6 Å². The first-order valence-electron chi connectivity index (χ1n) is 6.81. The minimum Gasteiger partial charge on any atom is -0.376 e. The molecule has 2 atom stereocenters. The molecule has 3 nitrogen and oxygen atoms in total. The fourth-order valence-corrected chi connectivity index (χ4v) is 2.75. The zero-order valence-corrected chi connectivity index (χ0v) is 14.1. The van der Waals surface area contributed by atoms with Gasteiger partial charge in [0.2, 0.25) is 0 Å². The van der Waals surface area contributed by atoms with Gasteiger partial charge in [-0.1, -0.05) is 36.7 Å². The van der Waals surface area contributed by atoms with E-state index in [1.54, 1.807) is 6.07 Å². The van der Waals surface area contributed by atoms with E-state index in [2.05, 4.69) is 42.1 Å². The summed E-state index contributed by atoms with van der Waals surface area (Å²) < 4.78 is 20.1. The second-order valence-corrected chi connectivity index (χ2v) is 6.81. The van der Waals surface area contributed by atoms with Gasteiger partial charge in [-0.25, -0.2) is 4.39 Å². The van der Waals surface area contributed by atoms with E-state index >= 15 is 0 Å². The van der Waals surface area contributed by atoms with Gasteiger partial charge < -0.3 is 4.74 Å². The lowest BCUT2D eigenvalue weighted by Gasteiger charge is -2.36. The number of benzene rings is 1. The van der Waals surface area contributed by atoms with Crippen molar-refractivity contribution in [2.24, 2.45) is 11.3 Å². The van der Waals surface area contributed by atoms with E-state index in [-0.39, 0.29) is 23.4 Å². The molecule has 3 N–H and O–H groups in total. The fourth-order valence-electron chi connectivity index (χ4n) is 2.34. The molecule has 0 fully saturated rings. The summed E-state index contributed by atoms with van der Waals surface area (Å²) in [6, 6.07) is 4.58. The normalized spacial score (nSPS) is 15.2. The largest absolute Gasteiger partial charge is 0.376 e.